The topological polar surface area (TPSA) is 35.2 Å². The summed E-state index contributed by atoms with van der Waals surface area (Å²) < 4.78 is 5.87. The van der Waals surface area contributed by atoms with E-state index in [-0.39, 0.29) is 0 Å². The summed E-state index contributed by atoms with van der Waals surface area (Å²) in [6.45, 7) is 6.14. The number of hydrogen-bond acceptors (Lipinski definition) is 2. The van der Waals surface area contributed by atoms with E-state index in [4.69, 9.17) is 22.1 Å². The minimum atomic E-state index is 0.581. The molecule has 0 atom stereocenters. The van der Waals surface area contributed by atoms with Crippen molar-refractivity contribution in [1.82, 2.24) is 0 Å². The zero-order valence-electron chi connectivity index (χ0n) is 10.8. The van der Waals surface area contributed by atoms with Gasteiger partial charge in [0.05, 0.1) is 5.69 Å². The standard InChI is InChI=1S/C15H16ClNO/c1-9-6-10(2)11(3)14(7-9)18-15-8-12(16)4-5-13(15)17/h4-8H,17H2,1-3H3. The van der Waals surface area contributed by atoms with Crippen LogP contribution < -0.4 is 10.5 Å². The van der Waals surface area contributed by atoms with Crippen molar-refractivity contribution in [2.45, 2.75) is 20.8 Å². The number of nitrogens with two attached hydrogens (primary N) is 1. The quantitative estimate of drug-likeness (QED) is 0.800. The molecule has 0 radical (unpaired) electrons. The highest BCUT2D eigenvalue weighted by Crippen LogP contribution is 2.33. The molecule has 0 aliphatic heterocycles. The number of ether oxygens (including phenoxy) is 1. The summed E-state index contributed by atoms with van der Waals surface area (Å²) in [5, 5.41) is 0.612. The highest BCUT2D eigenvalue weighted by molar-refractivity contribution is 6.30. The molecule has 0 bridgehead atoms. The van der Waals surface area contributed by atoms with E-state index in [1.165, 1.54) is 5.56 Å². The normalized spacial score (nSPS) is 10.4. The Hall–Kier alpha value is -1.67. The van der Waals surface area contributed by atoms with Crippen LogP contribution in [-0.4, -0.2) is 0 Å². The van der Waals surface area contributed by atoms with Gasteiger partial charge in [-0.05, 0) is 55.7 Å². The van der Waals surface area contributed by atoms with E-state index in [9.17, 15) is 0 Å². The molecule has 2 N–H and O–H groups in total. The zero-order chi connectivity index (χ0) is 13.3. The van der Waals surface area contributed by atoms with Crippen LogP contribution in [0.2, 0.25) is 5.02 Å². The summed E-state index contributed by atoms with van der Waals surface area (Å²) >= 11 is 5.95. The van der Waals surface area contributed by atoms with Gasteiger partial charge in [0.2, 0.25) is 0 Å². The summed E-state index contributed by atoms with van der Waals surface area (Å²) in [5.41, 5.74) is 9.93. The fourth-order valence-corrected chi connectivity index (χ4v) is 1.98. The third-order valence-electron chi connectivity index (χ3n) is 2.96. The third kappa shape index (κ3) is 2.59. The number of aryl methyl sites for hydroxylation is 2. The highest BCUT2D eigenvalue weighted by atomic mass is 35.5. The number of hydrogen-bond donors (Lipinski definition) is 1. The Bertz CT molecular complexity index is 593. The van der Waals surface area contributed by atoms with Crippen LogP contribution in [0.15, 0.2) is 30.3 Å². The first-order valence-electron chi connectivity index (χ1n) is 5.78. The Morgan fingerprint density at radius 3 is 2.44 bits per heavy atom. The van der Waals surface area contributed by atoms with E-state index in [0.29, 0.717) is 16.5 Å². The molecule has 0 heterocycles. The van der Waals surface area contributed by atoms with E-state index in [1.54, 1.807) is 18.2 Å². The molecule has 18 heavy (non-hydrogen) atoms. The number of anilines is 1. The van der Waals surface area contributed by atoms with Gasteiger partial charge in [-0.1, -0.05) is 17.7 Å². The lowest BCUT2D eigenvalue weighted by Crippen LogP contribution is -1.95. The van der Waals surface area contributed by atoms with Crippen molar-refractivity contribution in [2.24, 2.45) is 0 Å². The van der Waals surface area contributed by atoms with E-state index in [2.05, 4.69) is 13.0 Å². The molecule has 0 fully saturated rings. The first kappa shape index (κ1) is 12.8. The maximum absolute atomic E-state index is 5.95. The summed E-state index contributed by atoms with van der Waals surface area (Å²) in [4.78, 5) is 0. The summed E-state index contributed by atoms with van der Waals surface area (Å²) in [6.07, 6.45) is 0. The van der Waals surface area contributed by atoms with Crippen LogP contribution in [0.5, 0.6) is 11.5 Å². The Morgan fingerprint density at radius 1 is 1.00 bits per heavy atom. The Kier molecular flexibility index (Phi) is 3.48. The molecule has 0 aliphatic rings. The highest BCUT2D eigenvalue weighted by Gasteiger charge is 2.08. The first-order valence-corrected chi connectivity index (χ1v) is 6.16. The van der Waals surface area contributed by atoms with Crippen molar-refractivity contribution in [3.8, 4) is 11.5 Å². The van der Waals surface area contributed by atoms with Crippen LogP contribution in [-0.2, 0) is 0 Å². The minimum Gasteiger partial charge on any atom is -0.455 e. The Morgan fingerprint density at radius 2 is 1.72 bits per heavy atom. The van der Waals surface area contributed by atoms with Gasteiger partial charge in [0.25, 0.3) is 0 Å². The largest absolute Gasteiger partial charge is 0.455 e. The van der Waals surface area contributed by atoms with Crippen molar-refractivity contribution < 1.29 is 4.74 Å². The molecule has 94 valence electrons. The van der Waals surface area contributed by atoms with Crippen LogP contribution in [0.3, 0.4) is 0 Å². The average molecular weight is 262 g/mol. The van der Waals surface area contributed by atoms with Crippen molar-refractivity contribution in [3.63, 3.8) is 0 Å². The van der Waals surface area contributed by atoms with E-state index in [0.717, 1.165) is 16.9 Å². The first-order chi connectivity index (χ1) is 8.47. The molecule has 3 heteroatoms. The molecule has 0 saturated carbocycles. The number of halogens is 1. The van der Waals surface area contributed by atoms with Gasteiger partial charge < -0.3 is 10.5 Å². The molecule has 0 amide bonds. The molecule has 2 aromatic rings. The number of nitrogen functional groups attached to an aromatic ring is 1. The maximum Gasteiger partial charge on any atom is 0.151 e. The van der Waals surface area contributed by atoms with Crippen molar-refractivity contribution in [1.29, 1.82) is 0 Å². The smallest absolute Gasteiger partial charge is 0.151 e. The SMILES string of the molecule is Cc1cc(C)c(C)c(Oc2cc(Cl)ccc2N)c1. The maximum atomic E-state index is 5.95. The molecule has 0 aromatic heterocycles. The Labute approximate surface area is 112 Å². The lowest BCUT2D eigenvalue weighted by atomic mass is 10.1. The van der Waals surface area contributed by atoms with Gasteiger partial charge in [-0.3, -0.25) is 0 Å². The molecule has 2 nitrogen and oxygen atoms in total. The fraction of sp³-hybridized carbons (Fsp3) is 0.200. The predicted octanol–water partition coefficient (Wildman–Crippen LogP) is 4.64. The molecule has 0 spiro atoms. The molecule has 0 saturated heterocycles. The second kappa shape index (κ2) is 4.91. The second-order valence-corrected chi connectivity index (χ2v) is 4.93. The number of rotatable bonds is 2. The third-order valence-corrected chi connectivity index (χ3v) is 3.19. The van der Waals surface area contributed by atoms with Gasteiger partial charge in [-0.2, -0.15) is 0 Å². The molecule has 2 rings (SSSR count). The summed E-state index contributed by atoms with van der Waals surface area (Å²) in [6, 6.07) is 9.36. The van der Waals surface area contributed by atoms with Gasteiger partial charge in [-0.15, -0.1) is 0 Å². The van der Waals surface area contributed by atoms with Crippen molar-refractivity contribution in [3.05, 3.63) is 52.0 Å². The van der Waals surface area contributed by atoms with Crippen molar-refractivity contribution >= 4 is 17.3 Å². The van der Waals surface area contributed by atoms with Crippen LogP contribution >= 0.6 is 11.6 Å². The van der Waals surface area contributed by atoms with E-state index in [1.807, 2.05) is 19.9 Å². The van der Waals surface area contributed by atoms with Crippen LogP contribution in [0, 0.1) is 20.8 Å². The van der Waals surface area contributed by atoms with Gasteiger partial charge in [0, 0.05) is 11.1 Å². The predicted molar refractivity (Wildman–Crippen MR) is 76.6 cm³/mol. The van der Waals surface area contributed by atoms with E-state index >= 15 is 0 Å². The second-order valence-electron chi connectivity index (χ2n) is 4.49. The van der Waals surface area contributed by atoms with Gasteiger partial charge in [0.1, 0.15) is 5.75 Å². The monoisotopic (exact) mass is 261 g/mol. The molecule has 0 aliphatic carbocycles. The van der Waals surface area contributed by atoms with Gasteiger partial charge in [0.15, 0.2) is 5.75 Å². The van der Waals surface area contributed by atoms with E-state index < -0.39 is 0 Å². The van der Waals surface area contributed by atoms with Gasteiger partial charge in [-0.25, -0.2) is 0 Å². The molecular formula is C15H16ClNO. The lowest BCUT2D eigenvalue weighted by Gasteiger charge is -2.13. The summed E-state index contributed by atoms with van der Waals surface area (Å²) in [7, 11) is 0. The summed E-state index contributed by atoms with van der Waals surface area (Å²) in [5.74, 6) is 1.41. The van der Waals surface area contributed by atoms with Crippen molar-refractivity contribution in [2.75, 3.05) is 5.73 Å². The minimum absolute atomic E-state index is 0.581. The number of benzene rings is 2. The van der Waals surface area contributed by atoms with Crippen LogP contribution in [0.4, 0.5) is 5.69 Å². The Balaban J connectivity index is 2.43. The average Bonchev–Trinajstić information content (AvgIpc) is 2.30. The molecule has 2 aromatic carbocycles. The van der Waals surface area contributed by atoms with Gasteiger partial charge >= 0.3 is 0 Å². The fourth-order valence-electron chi connectivity index (χ4n) is 1.82. The zero-order valence-corrected chi connectivity index (χ0v) is 11.5. The van der Waals surface area contributed by atoms with Crippen LogP contribution in [0.25, 0.3) is 0 Å². The molecular weight excluding hydrogens is 246 g/mol. The van der Waals surface area contributed by atoms with Crippen LogP contribution in [0.1, 0.15) is 16.7 Å². The lowest BCUT2D eigenvalue weighted by molar-refractivity contribution is 0.480. The molecule has 0 unspecified atom stereocenters.